The molecule has 0 radical (unpaired) electrons. The van der Waals surface area contributed by atoms with Crippen molar-refractivity contribution in [1.82, 2.24) is 9.94 Å². The number of phenols is 1. The molecule has 1 aromatic heterocycles. The van der Waals surface area contributed by atoms with E-state index in [9.17, 15) is 5.11 Å². The van der Waals surface area contributed by atoms with Gasteiger partial charge in [-0.1, -0.05) is 0 Å². The summed E-state index contributed by atoms with van der Waals surface area (Å²) in [5.41, 5.74) is 6.13. The van der Waals surface area contributed by atoms with Crippen molar-refractivity contribution in [2.24, 2.45) is 0 Å². The second-order valence-corrected chi connectivity index (χ2v) is 2.50. The molecular formula is C7H7N3O2. The van der Waals surface area contributed by atoms with E-state index in [0.717, 1.165) is 0 Å². The summed E-state index contributed by atoms with van der Waals surface area (Å²) in [4.78, 5) is 0.689. The van der Waals surface area contributed by atoms with Crippen LogP contribution in [0.5, 0.6) is 5.75 Å². The lowest BCUT2D eigenvalue weighted by atomic mass is 10.2. The Hall–Kier alpha value is -1.91. The molecule has 4 N–H and O–H groups in total. The van der Waals surface area contributed by atoms with Crippen LogP contribution in [0.2, 0.25) is 0 Å². The molecule has 0 unspecified atom stereocenters. The quantitative estimate of drug-likeness (QED) is 0.302. The van der Waals surface area contributed by atoms with Gasteiger partial charge in [0.05, 0.1) is 11.9 Å². The molecule has 2 rings (SSSR count). The van der Waals surface area contributed by atoms with Crippen LogP contribution in [0.15, 0.2) is 18.3 Å². The minimum absolute atomic E-state index is 0.0571. The Balaban J connectivity index is 2.87. The molecule has 2 aromatic rings. The fourth-order valence-corrected chi connectivity index (χ4v) is 1.07. The van der Waals surface area contributed by atoms with Crippen LogP contribution in [0.3, 0.4) is 0 Å². The van der Waals surface area contributed by atoms with Crippen LogP contribution in [0.4, 0.5) is 5.69 Å². The molecule has 1 aromatic carbocycles. The van der Waals surface area contributed by atoms with Crippen molar-refractivity contribution in [3.05, 3.63) is 18.3 Å². The summed E-state index contributed by atoms with van der Waals surface area (Å²) in [6.45, 7) is 0. The lowest BCUT2D eigenvalue weighted by molar-refractivity contribution is 0.161. The maximum atomic E-state index is 9.18. The predicted molar refractivity (Wildman–Crippen MR) is 43.0 cm³/mol. The van der Waals surface area contributed by atoms with Crippen molar-refractivity contribution < 1.29 is 10.3 Å². The highest BCUT2D eigenvalue weighted by Gasteiger charge is 2.04. The molecule has 5 heteroatoms. The Morgan fingerprint density at radius 1 is 1.42 bits per heavy atom. The molecular weight excluding hydrogens is 158 g/mol. The van der Waals surface area contributed by atoms with Gasteiger partial charge in [-0.25, -0.2) is 0 Å². The number of hydrogen-bond acceptors (Lipinski definition) is 4. The minimum Gasteiger partial charge on any atom is -0.506 e. The highest BCUT2D eigenvalue weighted by Crippen LogP contribution is 2.25. The third kappa shape index (κ3) is 0.763. The SMILES string of the molecule is Nc1cc2cnn(O)c2cc1O. The van der Waals surface area contributed by atoms with E-state index >= 15 is 0 Å². The van der Waals surface area contributed by atoms with Gasteiger partial charge in [0.25, 0.3) is 0 Å². The summed E-state index contributed by atoms with van der Waals surface area (Å²) in [5.74, 6) is -0.0571. The van der Waals surface area contributed by atoms with Crippen molar-refractivity contribution in [3.63, 3.8) is 0 Å². The summed E-state index contributed by atoms with van der Waals surface area (Å²) in [5, 5.41) is 22.5. The van der Waals surface area contributed by atoms with Gasteiger partial charge in [0.2, 0.25) is 0 Å². The van der Waals surface area contributed by atoms with Gasteiger partial charge in [-0.15, -0.1) is 9.94 Å². The molecule has 0 saturated heterocycles. The summed E-state index contributed by atoms with van der Waals surface area (Å²) >= 11 is 0. The summed E-state index contributed by atoms with van der Waals surface area (Å²) in [6, 6.07) is 2.90. The van der Waals surface area contributed by atoms with Gasteiger partial charge >= 0.3 is 0 Å². The highest BCUT2D eigenvalue weighted by molar-refractivity contribution is 5.84. The van der Waals surface area contributed by atoms with E-state index in [1.165, 1.54) is 12.3 Å². The second-order valence-electron chi connectivity index (χ2n) is 2.50. The third-order valence-corrected chi connectivity index (χ3v) is 1.70. The molecule has 62 valence electrons. The van der Waals surface area contributed by atoms with Crippen LogP contribution in [0.25, 0.3) is 10.9 Å². The number of nitrogen functional groups attached to an aromatic ring is 1. The van der Waals surface area contributed by atoms with E-state index in [1.54, 1.807) is 6.07 Å². The molecule has 0 aliphatic rings. The monoisotopic (exact) mass is 165 g/mol. The molecule has 12 heavy (non-hydrogen) atoms. The first-order valence-electron chi connectivity index (χ1n) is 3.34. The number of fused-ring (bicyclic) bond motifs is 1. The smallest absolute Gasteiger partial charge is 0.140 e. The maximum absolute atomic E-state index is 9.18. The van der Waals surface area contributed by atoms with Crippen LogP contribution in [0.1, 0.15) is 0 Å². The van der Waals surface area contributed by atoms with Gasteiger partial charge < -0.3 is 16.0 Å². The molecule has 0 spiro atoms. The van der Waals surface area contributed by atoms with E-state index in [-0.39, 0.29) is 11.4 Å². The molecule has 1 heterocycles. The van der Waals surface area contributed by atoms with Crippen LogP contribution in [0, 0.1) is 0 Å². The van der Waals surface area contributed by atoms with Gasteiger partial charge in [0.15, 0.2) is 0 Å². The molecule has 0 bridgehead atoms. The summed E-state index contributed by atoms with van der Waals surface area (Å²) in [7, 11) is 0. The third-order valence-electron chi connectivity index (χ3n) is 1.70. The second kappa shape index (κ2) is 2.04. The van der Waals surface area contributed by atoms with Gasteiger partial charge in [-0.05, 0) is 6.07 Å². The summed E-state index contributed by atoms with van der Waals surface area (Å²) < 4.78 is 0. The number of anilines is 1. The first-order valence-corrected chi connectivity index (χ1v) is 3.34. The molecule has 0 amide bonds. The molecule has 0 saturated carbocycles. The van der Waals surface area contributed by atoms with Crippen molar-refractivity contribution in [3.8, 4) is 5.75 Å². The van der Waals surface area contributed by atoms with Crippen molar-refractivity contribution >= 4 is 16.6 Å². The number of nitrogens with zero attached hydrogens (tertiary/aromatic N) is 2. The zero-order valence-electron chi connectivity index (χ0n) is 6.10. The lowest BCUT2D eigenvalue weighted by Crippen LogP contribution is -1.91. The average molecular weight is 165 g/mol. The van der Waals surface area contributed by atoms with Crippen LogP contribution in [-0.4, -0.2) is 20.3 Å². The summed E-state index contributed by atoms with van der Waals surface area (Å²) in [6.07, 6.45) is 1.46. The molecule has 0 aliphatic heterocycles. The van der Waals surface area contributed by atoms with E-state index in [4.69, 9.17) is 10.9 Å². The number of aromatic nitrogens is 2. The van der Waals surface area contributed by atoms with E-state index < -0.39 is 0 Å². The Morgan fingerprint density at radius 3 is 2.92 bits per heavy atom. The van der Waals surface area contributed by atoms with Crippen LogP contribution >= 0.6 is 0 Å². The Morgan fingerprint density at radius 2 is 2.17 bits per heavy atom. The maximum Gasteiger partial charge on any atom is 0.140 e. The zero-order valence-corrected chi connectivity index (χ0v) is 6.10. The van der Waals surface area contributed by atoms with Gasteiger partial charge in [0.1, 0.15) is 11.3 Å². The van der Waals surface area contributed by atoms with Crippen LogP contribution < -0.4 is 5.73 Å². The number of rotatable bonds is 0. The molecule has 0 fully saturated rings. The molecule has 5 nitrogen and oxygen atoms in total. The Kier molecular flexibility index (Phi) is 1.15. The van der Waals surface area contributed by atoms with Crippen molar-refractivity contribution in [1.29, 1.82) is 0 Å². The van der Waals surface area contributed by atoms with Gasteiger partial charge in [-0.3, -0.25) is 0 Å². The zero-order chi connectivity index (χ0) is 8.72. The molecule has 0 aliphatic carbocycles. The van der Waals surface area contributed by atoms with E-state index in [1.807, 2.05) is 0 Å². The highest BCUT2D eigenvalue weighted by atomic mass is 16.5. The lowest BCUT2D eigenvalue weighted by Gasteiger charge is -1.97. The normalized spacial score (nSPS) is 10.7. The minimum atomic E-state index is -0.0571. The van der Waals surface area contributed by atoms with Crippen molar-refractivity contribution in [2.75, 3.05) is 5.73 Å². The number of benzene rings is 1. The first kappa shape index (κ1) is 6.78. The standard InChI is InChI=1S/C7H7N3O2/c8-5-1-4-3-9-10(12)6(4)2-7(5)11/h1-3,11-12H,8H2. The first-order chi connectivity index (χ1) is 5.68. The number of hydrogen-bond donors (Lipinski definition) is 3. The fourth-order valence-electron chi connectivity index (χ4n) is 1.07. The average Bonchev–Trinajstić information content (AvgIpc) is 2.35. The van der Waals surface area contributed by atoms with Crippen molar-refractivity contribution in [2.45, 2.75) is 0 Å². The number of phenolic OH excluding ortho intramolecular Hbond substituents is 1. The predicted octanol–water partition coefficient (Wildman–Crippen LogP) is 0.561. The number of nitrogens with two attached hydrogens (primary N) is 1. The molecule has 0 atom stereocenters. The topological polar surface area (TPSA) is 84.3 Å². The Labute approximate surface area is 67.6 Å². The van der Waals surface area contributed by atoms with E-state index in [2.05, 4.69) is 5.10 Å². The number of aromatic hydroxyl groups is 1. The van der Waals surface area contributed by atoms with Gasteiger partial charge in [-0.2, -0.15) is 0 Å². The van der Waals surface area contributed by atoms with Crippen LogP contribution in [-0.2, 0) is 0 Å². The largest absolute Gasteiger partial charge is 0.506 e. The van der Waals surface area contributed by atoms with E-state index in [0.29, 0.717) is 15.7 Å². The fraction of sp³-hybridized carbons (Fsp3) is 0. The van der Waals surface area contributed by atoms with Gasteiger partial charge in [0, 0.05) is 11.5 Å². The Bertz CT molecular complexity index is 435.